The Morgan fingerprint density at radius 1 is 1.09 bits per heavy atom. The third-order valence-corrected chi connectivity index (χ3v) is 7.26. The van der Waals surface area contributed by atoms with E-state index in [2.05, 4.69) is 20.3 Å². The maximum Gasteiger partial charge on any atom is 0.242 e. The highest BCUT2D eigenvalue weighted by atomic mass is 32.2. The van der Waals surface area contributed by atoms with Gasteiger partial charge < -0.3 is 10.6 Å². The summed E-state index contributed by atoms with van der Waals surface area (Å²) in [5.74, 6) is -1.03. The lowest BCUT2D eigenvalue weighted by Gasteiger charge is -2.28. The number of pyridine rings is 1. The molecule has 0 saturated heterocycles. The summed E-state index contributed by atoms with van der Waals surface area (Å²) in [4.78, 5) is 29.0. The summed E-state index contributed by atoms with van der Waals surface area (Å²) in [6.07, 6.45) is 4.29. The minimum absolute atomic E-state index is 0.0206. The molecule has 0 radical (unpaired) electrons. The summed E-state index contributed by atoms with van der Waals surface area (Å²) < 4.78 is 40.3. The van der Waals surface area contributed by atoms with E-state index in [1.165, 1.54) is 12.1 Å². The Bertz CT molecular complexity index is 1040. The maximum atomic E-state index is 13.0. The number of nitrogens with zero attached hydrogens (tertiary/aromatic N) is 1. The number of carbonyl (C=O) groups excluding carboxylic acids is 2. The molecule has 3 rings (SSSR count). The quantitative estimate of drug-likeness (QED) is 0.513. The van der Waals surface area contributed by atoms with Gasteiger partial charge in [-0.2, -0.15) is 0 Å². The van der Waals surface area contributed by atoms with Crippen LogP contribution in [0.15, 0.2) is 53.6 Å². The predicted octanol–water partition coefficient (Wildman–Crippen LogP) is 2.13. The van der Waals surface area contributed by atoms with Crippen molar-refractivity contribution in [2.45, 2.75) is 50.1 Å². The first kappa shape index (κ1) is 24.8. The average molecular weight is 477 g/mol. The second-order valence-electron chi connectivity index (χ2n) is 8.29. The standard InChI is InChI=1S/C23H29FN4O4S/c1-16(22(29)26-15-20-4-2-3-13-25-20)28-23(30)18-7-5-17(6-8-18)14-27-33(31,32)21-11-9-19(24)10-12-21/h2-4,9-13,16-18,27H,5-8,14-15H2,1H3,(H,26,29)(H,28,30). The lowest BCUT2D eigenvalue weighted by Crippen LogP contribution is -2.47. The molecule has 2 amide bonds. The van der Waals surface area contributed by atoms with Crippen molar-refractivity contribution in [1.82, 2.24) is 20.3 Å². The summed E-state index contributed by atoms with van der Waals surface area (Å²) >= 11 is 0. The van der Waals surface area contributed by atoms with Gasteiger partial charge in [0.15, 0.2) is 0 Å². The molecule has 1 aliphatic carbocycles. The van der Waals surface area contributed by atoms with E-state index in [0.717, 1.165) is 17.8 Å². The molecular weight excluding hydrogens is 447 g/mol. The Balaban J connectivity index is 1.39. The molecule has 1 unspecified atom stereocenters. The Morgan fingerprint density at radius 2 is 1.79 bits per heavy atom. The molecule has 1 aliphatic rings. The molecule has 1 aromatic carbocycles. The maximum absolute atomic E-state index is 13.0. The van der Waals surface area contributed by atoms with Gasteiger partial charge >= 0.3 is 0 Å². The van der Waals surface area contributed by atoms with Crippen LogP contribution in [0, 0.1) is 17.7 Å². The first-order chi connectivity index (χ1) is 15.7. The van der Waals surface area contributed by atoms with Crippen LogP contribution in [-0.4, -0.2) is 37.8 Å². The molecule has 1 saturated carbocycles. The SMILES string of the molecule is CC(NC(=O)C1CCC(CNS(=O)(=O)c2ccc(F)cc2)CC1)C(=O)NCc1ccccn1. The number of sulfonamides is 1. The molecule has 33 heavy (non-hydrogen) atoms. The van der Waals surface area contributed by atoms with Gasteiger partial charge in [-0.05, 0) is 74.9 Å². The first-order valence-corrected chi connectivity index (χ1v) is 12.5. The van der Waals surface area contributed by atoms with E-state index in [0.29, 0.717) is 32.2 Å². The molecule has 8 nitrogen and oxygen atoms in total. The van der Waals surface area contributed by atoms with E-state index in [1.807, 2.05) is 12.1 Å². The molecule has 1 atom stereocenters. The monoisotopic (exact) mass is 476 g/mol. The number of halogens is 1. The Morgan fingerprint density at radius 3 is 2.42 bits per heavy atom. The topological polar surface area (TPSA) is 117 Å². The molecular formula is C23H29FN4O4S. The Hall–Kier alpha value is -2.85. The van der Waals surface area contributed by atoms with E-state index in [9.17, 15) is 22.4 Å². The van der Waals surface area contributed by atoms with E-state index < -0.39 is 21.9 Å². The number of nitrogens with one attached hydrogen (secondary N) is 3. The van der Waals surface area contributed by atoms with Crippen molar-refractivity contribution < 1.29 is 22.4 Å². The van der Waals surface area contributed by atoms with Gasteiger partial charge in [0.05, 0.1) is 17.1 Å². The van der Waals surface area contributed by atoms with Crippen LogP contribution < -0.4 is 15.4 Å². The Kier molecular flexibility index (Phi) is 8.51. The van der Waals surface area contributed by atoms with Gasteiger partial charge in [0.1, 0.15) is 11.9 Å². The molecule has 1 aromatic heterocycles. The number of carbonyl (C=O) groups is 2. The smallest absolute Gasteiger partial charge is 0.242 e. The highest BCUT2D eigenvalue weighted by Crippen LogP contribution is 2.29. The zero-order chi connectivity index (χ0) is 23.8. The number of hydrogen-bond acceptors (Lipinski definition) is 5. The average Bonchev–Trinajstić information content (AvgIpc) is 2.82. The molecule has 1 heterocycles. The van der Waals surface area contributed by atoms with Gasteiger partial charge in [0, 0.05) is 18.7 Å². The van der Waals surface area contributed by atoms with Crippen LogP contribution >= 0.6 is 0 Å². The molecule has 2 aromatic rings. The fourth-order valence-electron chi connectivity index (χ4n) is 3.78. The zero-order valence-electron chi connectivity index (χ0n) is 18.5. The lowest BCUT2D eigenvalue weighted by atomic mass is 9.81. The van der Waals surface area contributed by atoms with Crippen LogP contribution in [0.4, 0.5) is 4.39 Å². The van der Waals surface area contributed by atoms with Crippen LogP contribution in [-0.2, 0) is 26.2 Å². The second kappa shape index (κ2) is 11.3. The fraction of sp³-hybridized carbons (Fsp3) is 0.435. The van der Waals surface area contributed by atoms with Gasteiger partial charge in [0.2, 0.25) is 21.8 Å². The van der Waals surface area contributed by atoms with Crippen LogP contribution in [0.1, 0.15) is 38.3 Å². The normalized spacial score (nSPS) is 19.5. The van der Waals surface area contributed by atoms with Crippen molar-refractivity contribution in [3.63, 3.8) is 0 Å². The molecule has 0 aliphatic heterocycles. The Labute approximate surface area is 193 Å². The van der Waals surface area contributed by atoms with Crippen LogP contribution in [0.25, 0.3) is 0 Å². The van der Waals surface area contributed by atoms with E-state index in [-0.39, 0.29) is 35.1 Å². The van der Waals surface area contributed by atoms with Crippen molar-refractivity contribution in [3.05, 3.63) is 60.2 Å². The van der Waals surface area contributed by atoms with Crippen LogP contribution in [0.5, 0.6) is 0 Å². The van der Waals surface area contributed by atoms with Gasteiger partial charge in [-0.25, -0.2) is 17.5 Å². The van der Waals surface area contributed by atoms with E-state index in [1.54, 1.807) is 19.2 Å². The number of amides is 2. The minimum atomic E-state index is -3.70. The first-order valence-electron chi connectivity index (χ1n) is 11.0. The molecule has 178 valence electrons. The van der Waals surface area contributed by atoms with Crippen molar-refractivity contribution >= 4 is 21.8 Å². The largest absolute Gasteiger partial charge is 0.349 e. The highest BCUT2D eigenvalue weighted by Gasteiger charge is 2.29. The second-order valence-corrected chi connectivity index (χ2v) is 10.1. The van der Waals surface area contributed by atoms with Crippen LogP contribution in [0.2, 0.25) is 0 Å². The molecule has 3 N–H and O–H groups in total. The minimum Gasteiger partial charge on any atom is -0.349 e. The van der Waals surface area contributed by atoms with Crippen molar-refractivity contribution in [2.75, 3.05) is 6.54 Å². The number of aromatic nitrogens is 1. The van der Waals surface area contributed by atoms with Crippen LogP contribution in [0.3, 0.4) is 0 Å². The summed E-state index contributed by atoms with van der Waals surface area (Å²) in [7, 11) is -3.70. The molecule has 10 heteroatoms. The van der Waals surface area contributed by atoms with Gasteiger partial charge in [-0.3, -0.25) is 14.6 Å². The number of hydrogen-bond donors (Lipinski definition) is 3. The van der Waals surface area contributed by atoms with Crippen molar-refractivity contribution in [3.8, 4) is 0 Å². The summed E-state index contributed by atoms with van der Waals surface area (Å²) in [6.45, 7) is 2.20. The van der Waals surface area contributed by atoms with Gasteiger partial charge in [0.25, 0.3) is 0 Å². The predicted molar refractivity (Wildman–Crippen MR) is 121 cm³/mol. The van der Waals surface area contributed by atoms with Crippen molar-refractivity contribution in [1.29, 1.82) is 0 Å². The third-order valence-electron chi connectivity index (χ3n) is 5.83. The molecule has 0 spiro atoms. The van der Waals surface area contributed by atoms with E-state index in [4.69, 9.17) is 0 Å². The number of benzene rings is 1. The van der Waals surface area contributed by atoms with Gasteiger partial charge in [-0.1, -0.05) is 6.07 Å². The van der Waals surface area contributed by atoms with Crippen molar-refractivity contribution in [2.24, 2.45) is 11.8 Å². The third kappa shape index (κ3) is 7.33. The highest BCUT2D eigenvalue weighted by molar-refractivity contribution is 7.89. The summed E-state index contributed by atoms with van der Waals surface area (Å²) in [5, 5.41) is 5.53. The molecule has 0 bridgehead atoms. The zero-order valence-corrected chi connectivity index (χ0v) is 19.3. The lowest BCUT2D eigenvalue weighted by molar-refractivity contribution is -0.131. The number of rotatable bonds is 9. The summed E-state index contributed by atoms with van der Waals surface area (Å²) in [6, 6.07) is 9.45. The fourth-order valence-corrected chi connectivity index (χ4v) is 4.90. The molecule has 1 fully saturated rings. The summed E-state index contributed by atoms with van der Waals surface area (Å²) in [5.41, 5.74) is 0.734. The van der Waals surface area contributed by atoms with E-state index >= 15 is 0 Å². The van der Waals surface area contributed by atoms with Gasteiger partial charge in [-0.15, -0.1) is 0 Å².